The van der Waals surface area contributed by atoms with Crippen molar-refractivity contribution in [2.75, 3.05) is 18.7 Å². The molecule has 0 saturated carbocycles. The number of ether oxygens (including phenoxy) is 2. The third kappa shape index (κ3) is 5.00. The molecule has 1 atom stereocenters. The average Bonchev–Trinajstić information content (AvgIpc) is 3.46. The number of nitrogens with two attached hydrogens (primary N) is 1. The molecule has 0 saturated heterocycles. The van der Waals surface area contributed by atoms with E-state index in [9.17, 15) is 4.79 Å². The molecule has 162 valence electrons. The van der Waals surface area contributed by atoms with Crippen LogP contribution in [0.2, 0.25) is 0 Å². The molecule has 31 heavy (non-hydrogen) atoms. The molecular weight excluding hydrogens is 396 g/mol. The van der Waals surface area contributed by atoms with E-state index in [4.69, 9.17) is 15.2 Å². The highest BCUT2D eigenvalue weighted by Crippen LogP contribution is 2.32. The third-order valence-electron chi connectivity index (χ3n) is 5.27. The van der Waals surface area contributed by atoms with Gasteiger partial charge in [0.2, 0.25) is 12.7 Å². The van der Waals surface area contributed by atoms with Crippen LogP contribution in [0.15, 0.2) is 43.0 Å². The molecule has 3 aromatic rings. The van der Waals surface area contributed by atoms with Gasteiger partial charge in [-0.05, 0) is 37.5 Å². The first-order chi connectivity index (χ1) is 15.0. The summed E-state index contributed by atoms with van der Waals surface area (Å²) >= 11 is 0. The molecular formula is C22H26N6O3. The van der Waals surface area contributed by atoms with Crippen molar-refractivity contribution in [3.63, 3.8) is 0 Å². The molecule has 0 spiro atoms. The number of anilines is 1. The van der Waals surface area contributed by atoms with Crippen LogP contribution in [-0.4, -0.2) is 45.3 Å². The van der Waals surface area contributed by atoms with E-state index in [1.165, 1.54) is 0 Å². The van der Waals surface area contributed by atoms with E-state index in [2.05, 4.69) is 15.0 Å². The Labute approximate surface area is 180 Å². The quantitative estimate of drug-likeness (QED) is 0.524. The molecule has 3 heterocycles. The predicted molar refractivity (Wildman–Crippen MR) is 115 cm³/mol. The zero-order chi connectivity index (χ0) is 21.8. The number of hydrogen-bond acceptors (Lipinski definition) is 8. The Bertz CT molecular complexity index is 1050. The lowest BCUT2D eigenvalue weighted by Crippen LogP contribution is -2.40. The summed E-state index contributed by atoms with van der Waals surface area (Å²) in [6.45, 7) is 2.16. The summed E-state index contributed by atoms with van der Waals surface area (Å²) < 4.78 is 12.5. The topological polar surface area (TPSA) is 108 Å². The highest BCUT2D eigenvalue weighted by atomic mass is 16.7. The second kappa shape index (κ2) is 9.13. The van der Waals surface area contributed by atoms with Crippen LogP contribution >= 0.6 is 0 Å². The molecule has 1 aliphatic rings. The van der Waals surface area contributed by atoms with Gasteiger partial charge in [-0.15, -0.1) is 0 Å². The number of aryl methyl sites for hydroxylation is 2. The molecule has 0 fully saturated rings. The minimum atomic E-state index is -0.334. The van der Waals surface area contributed by atoms with Crippen LogP contribution in [0.1, 0.15) is 30.5 Å². The monoisotopic (exact) mass is 422 g/mol. The summed E-state index contributed by atoms with van der Waals surface area (Å²) in [5.41, 5.74) is 8.23. The minimum Gasteiger partial charge on any atom is -0.454 e. The number of aromatic nitrogens is 4. The number of nitrogens with zero attached hydrogens (tertiary/aromatic N) is 5. The van der Waals surface area contributed by atoms with Gasteiger partial charge in [0, 0.05) is 44.0 Å². The van der Waals surface area contributed by atoms with Crippen LogP contribution < -0.4 is 20.1 Å². The summed E-state index contributed by atoms with van der Waals surface area (Å²) in [4.78, 5) is 27.3. The van der Waals surface area contributed by atoms with E-state index in [0.717, 1.165) is 22.8 Å². The Morgan fingerprint density at radius 1 is 1.23 bits per heavy atom. The van der Waals surface area contributed by atoms with Crippen LogP contribution in [0.4, 0.5) is 5.82 Å². The second-order valence-corrected chi connectivity index (χ2v) is 7.58. The highest BCUT2D eigenvalue weighted by molar-refractivity contribution is 5.78. The molecule has 4 rings (SSSR count). The molecule has 1 aromatic carbocycles. The number of Topliss-reactive ketones (excluding diaryl/α,β-unsaturated/α-hetero) is 1. The highest BCUT2D eigenvalue weighted by Gasteiger charge is 2.17. The molecule has 2 N–H and O–H groups in total. The summed E-state index contributed by atoms with van der Waals surface area (Å²) in [6, 6.07) is 7.66. The molecule has 0 amide bonds. The first kappa shape index (κ1) is 20.8. The van der Waals surface area contributed by atoms with Crippen molar-refractivity contribution in [2.24, 2.45) is 5.73 Å². The van der Waals surface area contributed by atoms with Gasteiger partial charge in [0.05, 0.1) is 6.17 Å². The van der Waals surface area contributed by atoms with E-state index in [-0.39, 0.29) is 18.7 Å². The third-order valence-corrected chi connectivity index (χ3v) is 5.27. The number of carbonyl (C=O) groups excluding carboxylic acids is 1. The van der Waals surface area contributed by atoms with E-state index >= 15 is 0 Å². The maximum absolute atomic E-state index is 12.4. The maximum atomic E-state index is 12.4. The largest absolute Gasteiger partial charge is 0.454 e. The molecule has 1 unspecified atom stereocenters. The first-order valence-electron chi connectivity index (χ1n) is 10.2. The molecule has 9 heteroatoms. The fraction of sp³-hybridized carbons (Fsp3) is 0.364. The Kier molecular flexibility index (Phi) is 6.13. The molecule has 0 radical (unpaired) electrons. The minimum absolute atomic E-state index is 0.180. The van der Waals surface area contributed by atoms with Gasteiger partial charge < -0.3 is 20.1 Å². The fourth-order valence-electron chi connectivity index (χ4n) is 3.39. The normalized spacial score (nSPS) is 13.3. The lowest BCUT2D eigenvalue weighted by molar-refractivity contribution is -0.119. The van der Waals surface area contributed by atoms with Gasteiger partial charge in [0.15, 0.2) is 11.5 Å². The number of ketones is 1. The Morgan fingerprint density at radius 2 is 2.06 bits per heavy atom. The van der Waals surface area contributed by atoms with Gasteiger partial charge in [0.1, 0.15) is 17.9 Å². The van der Waals surface area contributed by atoms with Gasteiger partial charge in [-0.2, -0.15) is 4.98 Å². The number of rotatable bonds is 9. The molecule has 2 aromatic heterocycles. The molecule has 1 aliphatic heterocycles. The van der Waals surface area contributed by atoms with E-state index < -0.39 is 0 Å². The van der Waals surface area contributed by atoms with Gasteiger partial charge in [0.25, 0.3) is 0 Å². The van der Waals surface area contributed by atoms with Crippen molar-refractivity contribution in [2.45, 2.75) is 38.8 Å². The summed E-state index contributed by atoms with van der Waals surface area (Å²) in [7, 11) is 1.88. The zero-order valence-corrected chi connectivity index (χ0v) is 17.7. The number of carbonyl (C=O) groups is 1. The van der Waals surface area contributed by atoms with E-state index in [1.54, 1.807) is 23.3 Å². The van der Waals surface area contributed by atoms with Crippen LogP contribution in [0, 0.1) is 6.92 Å². The molecule has 0 bridgehead atoms. The van der Waals surface area contributed by atoms with Crippen LogP contribution in [0.25, 0.3) is 5.95 Å². The summed E-state index contributed by atoms with van der Waals surface area (Å²) in [6.07, 6.45) is 6.87. The van der Waals surface area contributed by atoms with Crippen LogP contribution in [-0.2, 0) is 11.2 Å². The van der Waals surface area contributed by atoms with E-state index in [0.29, 0.717) is 37.4 Å². The zero-order valence-electron chi connectivity index (χ0n) is 17.7. The van der Waals surface area contributed by atoms with Crippen molar-refractivity contribution >= 4 is 11.6 Å². The molecule has 9 nitrogen and oxygen atoms in total. The Morgan fingerprint density at radius 3 is 2.87 bits per heavy atom. The van der Waals surface area contributed by atoms with Crippen molar-refractivity contribution in [1.82, 2.24) is 19.5 Å². The Balaban J connectivity index is 1.30. The van der Waals surface area contributed by atoms with Crippen molar-refractivity contribution in [1.29, 1.82) is 0 Å². The lowest BCUT2D eigenvalue weighted by Gasteiger charge is -2.26. The van der Waals surface area contributed by atoms with Gasteiger partial charge in [-0.25, -0.2) is 9.97 Å². The van der Waals surface area contributed by atoms with E-state index in [1.807, 2.05) is 43.1 Å². The number of imidazole rings is 1. The van der Waals surface area contributed by atoms with Crippen molar-refractivity contribution < 1.29 is 14.3 Å². The Hall–Kier alpha value is -3.46. The van der Waals surface area contributed by atoms with Gasteiger partial charge in [-0.1, -0.05) is 6.07 Å². The fourth-order valence-corrected chi connectivity index (χ4v) is 3.39. The number of benzene rings is 1. The standard InChI is InChI=1S/C22H26N6O3/c1-15-11-21(26-22(25-15)28-10-9-24-13-28)27(2)20(23)8-6-17(29)5-3-16-4-7-18-19(12-16)31-14-30-18/h4,7,9-13,20H,3,5-6,8,14,23H2,1-2H3. The first-order valence-corrected chi connectivity index (χ1v) is 10.2. The number of hydrogen-bond donors (Lipinski definition) is 1. The van der Waals surface area contributed by atoms with Crippen molar-refractivity contribution in [3.05, 3.63) is 54.2 Å². The maximum Gasteiger partial charge on any atom is 0.237 e. The summed E-state index contributed by atoms with van der Waals surface area (Å²) in [5, 5.41) is 0. The predicted octanol–water partition coefficient (Wildman–Crippen LogP) is 2.40. The molecule has 0 aliphatic carbocycles. The van der Waals surface area contributed by atoms with Gasteiger partial charge in [-0.3, -0.25) is 9.36 Å². The SMILES string of the molecule is Cc1cc(N(C)C(N)CCC(=O)CCc2ccc3c(c2)OCO3)nc(-n2ccnc2)n1. The van der Waals surface area contributed by atoms with Crippen LogP contribution in [0.3, 0.4) is 0 Å². The lowest BCUT2D eigenvalue weighted by atomic mass is 10.0. The smallest absolute Gasteiger partial charge is 0.237 e. The summed E-state index contributed by atoms with van der Waals surface area (Å²) in [5.74, 6) is 2.91. The van der Waals surface area contributed by atoms with Crippen molar-refractivity contribution in [3.8, 4) is 17.4 Å². The second-order valence-electron chi connectivity index (χ2n) is 7.58. The van der Waals surface area contributed by atoms with Crippen LogP contribution in [0.5, 0.6) is 11.5 Å². The van der Waals surface area contributed by atoms with Gasteiger partial charge >= 0.3 is 0 Å². The average molecular weight is 422 g/mol. The number of fused-ring (bicyclic) bond motifs is 1.